The molecule has 0 saturated heterocycles. The van der Waals surface area contributed by atoms with E-state index in [2.05, 4.69) is 27.7 Å². The van der Waals surface area contributed by atoms with Gasteiger partial charge in [0.25, 0.3) is 0 Å². The molecule has 0 aliphatic carbocycles. The van der Waals surface area contributed by atoms with E-state index in [0.717, 1.165) is 5.56 Å². The third-order valence-electron chi connectivity index (χ3n) is 5.26. The van der Waals surface area contributed by atoms with Crippen LogP contribution >= 0.6 is 0 Å². The zero-order valence-electron chi connectivity index (χ0n) is 20.6. The van der Waals surface area contributed by atoms with Gasteiger partial charge in [-0.25, -0.2) is 4.39 Å². The predicted octanol–water partition coefficient (Wildman–Crippen LogP) is 5.71. The van der Waals surface area contributed by atoms with E-state index in [9.17, 15) is 4.39 Å². The number of nitrogens with zero attached hydrogens (tertiary/aromatic N) is 1. The SMILES string of the molecule is CCCC[N+](CCCC)(CCCC)CCCC.O=S(=O)(O)O.OCCc1ccc(F)cc1. The molecular weight excluding hydrogens is 433 g/mol. The first-order valence-corrected chi connectivity index (χ1v) is 13.4. The van der Waals surface area contributed by atoms with Crippen molar-refractivity contribution in [2.75, 3.05) is 32.8 Å². The Kier molecular flexibility index (Phi) is 21.3. The maximum absolute atomic E-state index is 12.3. The lowest BCUT2D eigenvalue weighted by atomic mass is 10.1. The minimum Gasteiger partial charge on any atom is -0.396 e. The third-order valence-corrected chi connectivity index (χ3v) is 5.26. The Hall–Kier alpha value is -1.06. The topological polar surface area (TPSA) is 94.8 Å². The minimum atomic E-state index is -4.67. The van der Waals surface area contributed by atoms with Gasteiger partial charge < -0.3 is 9.59 Å². The smallest absolute Gasteiger partial charge is 0.394 e. The number of aliphatic hydroxyl groups is 1. The molecule has 0 radical (unpaired) electrons. The highest BCUT2D eigenvalue weighted by Gasteiger charge is 2.24. The van der Waals surface area contributed by atoms with Gasteiger partial charge in [0.1, 0.15) is 5.82 Å². The molecule has 190 valence electrons. The van der Waals surface area contributed by atoms with Crippen molar-refractivity contribution in [1.29, 1.82) is 0 Å². The Morgan fingerprint density at radius 3 is 1.31 bits per heavy atom. The van der Waals surface area contributed by atoms with E-state index < -0.39 is 10.4 Å². The summed E-state index contributed by atoms with van der Waals surface area (Å²) in [5.74, 6) is -0.235. The van der Waals surface area contributed by atoms with Crippen LogP contribution in [0, 0.1) is 5.82 Å². The molecule has 0 aliphatic rings. The molecule has 1 aromatic rings. The van der Waals surface area contributed by atoms with Gasteiger partial charge in [-0.1, -0.05) is 65.5 Å². The summed E-state index contributed by atoms with van der Waals surface area (Å²) >= 11 is 0. The van der Waals surface area contributed by atoms with E-state index in [4.69, 9.17) is 22.6 Å². The first-order valence-electron chi connectivity index (χ1n) is 12.0. The Balaban J connectivity index is 0. The van der Waals surface area contributed by atoms with E-state index >= 15 is 0 Å². The summed E-state index contributed by atoms with van der Waals surface area (Å²) in [7, 11) is -4.67. The van der Waals surface area contributed by atoms with Crippen LogP contribution in [0.15, 0.2) is 24.3 Å². The monoisotopic (exact) mass is 480 g/mol. The lowest BCUT2D eigenvalue weighted by Crippen LogP contribution is -2.50. The minimum absolute atomic E-state index is 0.117. The van der Waals surface area contributed by atoms with E-state index in [1.807, 2.05) is 0 Å². The number of unbranched alkanes of at least 4 members (excludes halogenated alkanes) is 4. The first kappa shape index (κ1) is 33.1. The van der Waals surface area contributed by atoms with Crippen LogP contribution in [0.1, 0.15) is 84.6 Å². The van der Waals surface area contributed by atoms with Gasteiger partial charge >= 0.3 is 10.4 Å². The van der Waals surface area contributed by atoms with Crippen molar-refractivity contribution in [3.8, 4) is 0 Å². The molecule has 0 spiro atoms. The van der Waals surface area contributed by atoms with Gasteiger partial charge in [0.05, 0.1) is 26.2 Å². The Labute approximate surface area is 196 Å². The maximum Gasteiger partial charge on any atom is 0.394 e. The number of aliphatic hydroxyl groups excluding tert-OH is 1. The fourth-order valence-corrected chi connectivity index (χ4v) is 3.43. The number of hydrogen-bond donors (Lipinski definition) is 3. The number of halogens is 1. The molecule has 32 heavy (non-hydrogen) atoms. The van der Waals surface area contributed by atoms with Crippen LogP contribution in [0.2, 0.25) is 0 Å². The highest BCUT2D eigenvalue weighted by Crippen LogP contribution is 2.16. The molecule has 0 aliphatic heterocycles. The fourth-order valence-electron chi connectivity index (χ4n) is 3.43. The van der Waals surface area contributed by atoms with Crippen LogP contribution in [-0.4, -0.2) is 59.9 Å². The molecule has 1 aromatic carbocycles. The highest BCUT2D eigenvalue weighted by atomic mass is 32.3. The molecule has 1 rings (SSSR count). The van der Waals surface area contributed by atoms with Gasteiger partial charge in [-0.05, 0) is 49.8 Å². The highest BCUT2D eigenvalue weighted by molar-refractivity contribution is 7.79. The van der Waals surface area contributed by atoms with Crippen LogP contribution in [-0.2, 0) is 16.8 Å². The lowest BCUT2D eigenvalue weighted by Gasteiger charge is -2.39. The van der Waals surface area contributed by atoms with Gasteiger partial charge in [0.2, 0.25) is 0 Å². The number of quaternary nitrogens is 1. The zero-order valence-corrected chi connectivity index (χ0v) is 21.4. The third kappa shape index (κ3) is 22.1. The molecule has 0 aromatic heterocycles. The van der Waals surface area contributed by atoms with E-state index in [-0.39, 0.29) is 12.4 Å². The fraction of sp³-hybridized carbons (Fsp3) is 0.750. The van der Waals surface area contributed by atoms with Crippen molar-refractivity contribution < 1.29 is 31.5 Å². The summed E-state index contributed by atoms with van der Waals surface area (Å²) < 4.78 is 45.3. The number of benzene rings is 1. The average Bonchev–Trinajstić information content (AvgIpc) is 2.74. The van der Waals surface area contributed by atoms with Crippen LogP contribution in [0.3, 0.4) is 0 Å². The summed E-state index contributed by atoms with van der Waals surface area (Å²) in [6.07, 6.45) is 11.7. The summed E-state index contributed by atoms with van der Waals surface area (Å²) in [6.45, 7) is 15.1. The molecule has 8 heteroatoms. The van der Waals surface area contributed by atoms with Gasteiger partial charge in [0, 0.05) is 6.61 Å². The van der Waals surface area contributed by atoms with Crippen LogP contribution in [0.25, 0.3) is 0 Å². The molecule has 0 amide bonds. The molecule has 0 heterocycles. The Morgan fingerprint density at radius 2 is 1.06 bits per heavy atom. The molecule has 0 unspecified atom stereocenters. The van der Waals surface area contributed by atoms with Crippen molar-refractivity contribution in [2.45, 2.75) is 85.5 Å². The van der Waals surface area contributed by atoms with Gasteiger partial charge in [0.15, 0.2) is 0 Å². The summed E-state index contributed by atoms with van der Waals surface area (Å²) in [5, 5.41) is 8.50. The normalized spacial score (nSPS) is 11.2. The molecule has 6 nitrogen and oxygen atoms in total. The van der Waals surface area contributed by atoms with Crippen molar-refractivity contribution in [3.05, 3.63) is 35.6 Å². The quantitative estimate of drug-likeness (QED) is 0.234. The van der Waals surface area contributed by atoms with Crippen molar-refractivity contribution in [2.24, 2.45) is 0 Å². The van der Waals surface area contributed by atoms with Gasteiger partial charge in [-0.3, -0.25) is 9.11 Å². The second-order valence-electron chi connectivity index (χ2n) is 8.20. The molecule has 0 atom stereocenters. The van der Waals surface area contributed by atoms with Crippen LogP contribution in [0.5, 0.6) is 0 Å². The first-order chi connectivity index (χ1) is 15.1. The predicted molar refractivity (Wildman–Crippen MR) is 131 cm³/mol. The number of hydrogen-bond acceptors (Lipinski definition) is 3. The van der Waals surface area contributed by atoms with E-state index in [0.29, 0.717) is 6.42 Å². The Morgan fingerprint density at radius 1 is 0.750 bits per heavy atom. The van der Waals surface area contributed by atoms with Crippen LogP contribution in [0.4, 0.5) is 4.39 Å². The lowest BCUT2D eigenvalue weighted by molar-refractivity contribution is -0.929. The van der Waals surface area contributed by atoms with E-state index in [1.165, 1.54) is 94.2 Å². The van der Waals surface area contributed by atoms with Crippen molar-refractivity contribution >= 4 is 10.4 Å². The van der Waals surface area contributed by atoms with Crippen molar-refractivity contribution in [3.63, 3.8) is 0 Å². The largest absolute Gasteiger partial charge is 0.396 e. The van der Waals surface area contributed by atoms with Gasteiger partial charge in [-0.15, -0.1) is 0 Å². The molecular formula is C24H47FNO5S+. The average molecular weight is 481 g/mol. The molecule has 0 bridgehead atoms. The van der Waals surface area contributed by atoms with E-state index in [1.54, 1.807) is 12.1 Å². The second kappa shape index (κ2) is 20.5. The molecule has 3 N–H and O–H groups in total. The summed E-state index contributed by atoms with van der Waals surface area (Å²) in [5.41, 5.74) is 0.962. The summed E-state index contributed by atoms with van der Waals surface area (Å²) in [4.78, 5) is 0. The molecule has 0 fully saturated rings. The molecule has 0 saturated carbocycles. The summed E-state index contributed by atoms with van der Waals surface area (Å²) in [6, 6.07) is 6.13. The zero-order chi connectivity index (χ0) is 24.9. The van der Waals surface area contributed by atoms with Crippen LogP contribution < -0.4 is 0 Å². The standard InChI is InChI=1S/C16H36N.C8H9FO.H2O4S/c1-5-9-13-17(14-10-6-2,15-11-7-3)16-12-8-4;9-8-3-1-7(2-4-8)5-6-10;1-5(2,3)4/h5-16H2,1-4H3;1-4,10H,5-6H2;(H2,1,2,3,4)/q+1;;. The van der Waals surface area contributed by atoms with Gasteiger partial charge in [-0.2, -0.15) is 8.42 Å². The maximum atomic E-state index is 12.3. The van der Waals surface area contributed by atoms with Crippen molar-refractivity contribution in [1.82, 2.24) is 0 Å². The number of rotatable bonds is 14. The Bertz CT molecular complexity index is 593. The second-order valence-corrected chi connectivity index (χ2v) is 9.09.